The Kier molecular flexibility index (Phi) is 6.74. The standard InChI is InChI=1S/C24H23N3O2S2/c28-22(26-18-9-3-1-4-10-18)13-5-2-8-14-27-23(29)21(31-24(27)30)15-17-16-25-20-12-7-6-11-19(17)20/h1,3-4,6-7,9-12,15-16,29H,2,5,8,13-14H2,(H,26,28)/b17-15-. The number of unbranched alkanes of at least 4 members (excludes halogenated alkanes) is 2. The van der Waals surface area contributed by atoms with E-state index in [4.69, 9.17) is 12.2 Å². The second-order valence-electron chi connectivity index (χ2n) is 7.31. The lowest BCUT2D eigenvalue weighted by molar-refractivity contribution is -0.116. The van der Waals surface area contributed by atoms with Gasteiger partial charge < -0.3 is 10.4 Å². The number of hydrogen-bond acceptors (Lipinski definition) is 5. The minimum absolute atomic E-state index is 0.0219. The number of aliphatic imine (C=N–C) groups is 1. The third-order valence-corrected chi connectivity index (χ3v) is 6.47. The first kappa shape index (κ1) is 21.2. The van der Waals surface area contributed by atoms with Crippen LogP contribution >= 0.6 is 23.6 Å². The molecular weight excluding hydrogens is 426 g/mol. The van der Waals surface area contributed by atoms with E-state index < -0.39 is 0 Å². The van der Waals surface area contributed by atoms with Crippen LogP contribution in [0.3, 0.4) is 0 Å². The first-order valence-electron chi connectivity index (χ1n) is 10.2. The average molecular weight is 450 g/mol. The quantitative estimate of drug-likeness (QED) is 0.307. The lowest BCUT2D eigenvalue weighted by atomic mass is 10.1. The molecule has 158 valence electrons. The number of hydrogen-bond donors (Lipinski definition) is 2. The van der Waals surface area contributed by atoms with Crippen molar-refractivity contribution in [2.24, 2.45) is 4.99 Å². The van der Waals surface area contributed by atoms with E-state index in [-0.39, 0.29) is 11.8 Å². The van der Waals surface area contributed by atoms with Gasteiger partial charge in [-0.3, -0.25) is 14.4 Å². The van der Waals surface area contributed by atoms with Crippen molar-refractivity contribution < 1.29 is 9.90 Å². The molecule has 7 heteroatoms. The first-order valence-corrected chi connectivity index (χ1v) is 11.5. The summed E-state index contributed by atoms with van der Waals surface area (Å²) in [5.74, 6) is 0.218. The number of anilines is 1. The molecule has 2 aromatic carbocycles. The van der Waals surface area contributed by atoms with E-state index in [1.165, 1.54) is 11.3 Å². The number of thiazole rings is 1. The van der Waals surface area contributed by atoms with E-state index in [0.29, 0.717) is 16.9 Å². The van der Waals surface area contributed by atoms with Gasteiger partial charge in [0.25, 0.3) is 0 Å². The first-order chi connectivity index (χ1) is 15.1. The molecule has 0 spiro atoms. The zero-order chi connectivity index (χ0) is 21.6. The molecule has 1 aliphatic rings. The summed E-state index contributed by atoms with van der Waals surface area (Å²) < 4.78 is 2.42. The number of aromatic nitrogens is 1. The van der Waals surface area contributed by atoms with Gasteiger partial charge in [0.05, 0.1) is 10.6 Å². The van der Waals surface area contributed by atoms with E-state index in [1.807, 2.05) is 66.9 Å². The molecule has 1 aliphatic heterocycles. The number of carbonyl (C=O) groups is 1. The summed E-state index contributed by atoms with van der Waals surface area (Å²) in [6, 6.07) is 17.4. The van der Waals surface area contributed by atoms with Crippen LogP contribution in [-0.4, -0.2) is 21.8 Å². The minimum atomic E-state index is 0.0219. The largest absolute Gasteiger partial charge is 0.493 e. The third kappa shape index (κ3) is 5.18. The van der Waals surface area contributed by atoms with Crippen molar-refractivity contribution in [3.8, 4) is 5.88 Å². The Morgan fingerprint density at radius 3 is 2.71 bits per heavy atom. The maximum Gasteiger partial charge on any atom is 0.224 e. The molecule has 0 unspecified atom stereocenters. The van der Waals surface area contributed by atoms with Gasteiger partial charge in [-0.05, 0) is 49.3 Å². The molecule has 1 aromatic heterocycles. The van der Waals surface area contributed by atoms with E-state index in [1.54, 1.807) is 4.57 Å². The van der Waals surface area contributed by atoms with Gasteiger partial charge in [0.2, 0.25) is 11.8 Å². The molecule has 3 aromatic rings. The summed E-state index contributed by atoms with van der Waals surface area (Å²) in [4.78, 5) is 17.2. The highest BCUT2D eigenvalue weighted by Crippen LogP contribution is 2.35. The monoisotopic (exact) mass is 449 g/mol. The van der Waals surface area contributed by atoms with Gasteiger partial charge in [0, 0.05) is 36.0 Å². The smallest absolute Gasteiger partial charge is 0.224 e. The molecule has 0 aliphatic carbocycles. The SMILES string of the molecule is O=C(CCCCCn1c(O)c(/C=C2/C=Nc3ccccc32)sc1=S)Nc1ccccc1. The fraction of sp³-hybridized carbons (Fsp3) is 0.208. The molecule has 2 N–H and O–H groups in total. The number of amides is 1. The Morgan fingerprint density at radius 2 is 1.87 bits per heavy atom. The van der Waals surface area contributed by atoms with Crippen LogP contribution in [0, 0.1) is 3.95 Å². The highest BCUT2D eigenvalue weighted by molar-refractivity contribution is 7.73. The van der Waals surface area contributed by atoms with Gasteiger partial charge >= 0.3 is 0 Å². The number of aromatic hydroxyl groups is 1. The number of nitrogens with one attached hydrogen (secondary N) is 1. The topological polar surface area (TPSA) is 66.6 Å². The summed E-state index contributed by atoms with van der Waals surface area (Å²) >= 11 is 6.86. The molecule has 0 fully saturated rings. The number of fused-ring (bicyclic) bond motifs is 1. The summed E-state index contributed by atoms with van der Waals surface area (Å²) in [7, 11) is 0. The van der Waals surface area contributed by atoms with Crippen molar-refractivity contribution in [2.45, 2.75) is 32.2 Å². The highest BCUT2D eigenvalue weighted by Gasteiger charge is 2.15. The van der Waals surface area contributed by atoms with Crippen LogP contribution in [0.4, 0.5) is 11.4 Å². The Balaban J connectivity index is 1.30. The van der Waals surface area contributed by atoms with Gasteiger partial charge in [-0.1, -0.05) is 42.8 Å². The van der Waals surface area contributed by atoms with Gasteiger partial charge in [0.15, 0.2) is 3.95 Å². The van der Waals surface area contributed by atoms with E-state index in [9.17, 15) is 9.90 Å². The highest BCUT2D eigenvalue weighted by atomic mass is 32.1. The van der Waals surface area contributed by atoms with Gasteiger partial charge in [-0.25, -0.2) is 0 Å². The lowest BCUT2D eigenvalue weighted by Gasteiger charge is -2.06. The predicted molar refractivity (Wildman–Crippen MR) is 131 cm³/mol. The molecule has 2 heterocycles. The predicted octanol–water partition coefficient (Wildman–Crippen LogP) is 6.44. The van der Waals surface area contributed by atoms with Crippen LogP contribution in [0.2, 0.25) is 0 Å². The second-order valence-corrected chi connectivity index (χ2v) is 8.98. The number of allylic oxidation sites excluding steroid dienone is 1. The van der Waals surface area contributed by atoms with Crippen LogP contribution in [-0.2, 0) is 11.3 Å². The minimum Gasteiger partial charge on any atom is -0.493 e. The van der Waals surface area contributed by atoms with Crippen LogP contribution in [0.15, 0.2) is 59.6 Å². The maximum absolute atomic E-state index is 12.0. The zero-order valence-corrected chi connectivity index (χ0v) is 18.6. The molecule has 0 saturated carbocycles. The maximum atomic E-state index is 12.0. The lowest BCUT2D eigenvalue weighted by Crippen LogP contribution is -2.10. The Morgan fingerprint density at radius 1 is 1.10 bits per heavy atom. The van der Waals surface area contributed by atoms with Crippen LogP contribution in [0.5, 0.6) is 5.88 Å². The van der Waals surface area contributed by atoms with Crippen LogP contribution in [0.25, 0.3) is 11.6 Å². The van der Waals surface area contributed by atoms with Gasteiger partial charge in [0.1, 0.15) is 0 Å². The molecule has 4 rings (SSSR count). The molecule has 0 bridgehead atoms. The van der Waals surface area contributed by atoms with Crippen molar-refractivity contribution in [3.05, 3.63) is 69.0 Å². The van der Waals surface area contributed by atoms with Crippen molar-refractivity contribution in [1.82, 2.24) is 4.57 Å². The molecule has 1 amide bonds. The Hall–Kier alpha value is -3.03. The number of rotatable bonds is 8. The molecule has 0 radical (unpaired) electrons. The normalized spacial score (nSPS) is 13.5. The fourth-order valence-electron chi connectivity index (χ4n) is 3.48. The van der Waals surface area contributed by atoms with E-state index >= 15 is 0 Å². The summed E-state index contributed by atoms with van der Waals surface area (Å²) in [6.07, 6.45) is 6.76. The Bertz CT molecular complexity index is 1190. The van der Waals surface area contributed by atoms with Gasteiger partial charge in [-0.15, -0.1) is 11.3 Å². The van der Waals surface area contributed by atoms with Crippen LogP contribution < -0.4 is 5.32 Å². The Labute approximate surface area is 190 Å². The van der Waals surface area contributed by atoms with Crippen molar-refractivity contribution >= 4 is 58.7 Å². The number of para-hydroxylation sites is 2. The van der Waals surface area contributed by atoms with Crippen molar-refractivity contribution in [3.63, 3.8) is 0 Å². The van der Waals surface area contributed by atoms with E-state index in [0.717, 1.165) is 46.7 Å². The van der Waals surface area contributed by atoms with Gasteiger partial charge in [-0.2, -0.15) is 0 Å². The third-order valence-electron chi connectivity index (χ3n) is 5.08. The molecule has 0 atom stereocenters. The number of nitrogens with zero attached hydrogens (tertiary/aromatic N) is 2. The summed E-state index contributed by atoms with van der Waals surface area (Å²) in [5.41, 5.74) is 3.78. The number of benzene rings is 2. The average Bonchev–Trinajstić information content (AvgIpc) is 3.30. The van der Waals surface area contributed by atoms with Crippen molar-refractivity contribution in [1.29, 1.82) is 0 Å². The molecule has 31 heavy (non-hydrogen) atoms. The summed E-state index contributed by atoms with van der Waals surface area (Å²) in [6.45, 7) is 0.634. The van der Waals surface area contributed by atoms with E-state index in [2.05, 4.69) is 10.3 Å². The molecule has 0 saturated heterocycles. The fourth-order valence-corrected chi connectivity index (χ4v) is 4.79. The molecule has 5 nitrogen and oxygen atoms in total. The molecular formula is C24H23N3O2S2. The van der Waals surface area contributed by atoms with Crippen LogP contribution in [0.1, 0.15) is 36.1 Å². The zero-order valence-electron chi connectivity index (χ0n) is 17.0. The number of carbonyl (C=O) groups excluding carboxylic acids is 1. The second kappa shape index (κ2) is 9.85. The summed E-state index contributed by atoms with van der Waals surface area (Å²) in [5, 5.41) is 13.6. The van der Waals surface area contributed by atoms with Crippen molar-refractivity contribution in [2.75, 3.05) is 5.32 Å².